The number of carbonyl (C=O) groups is 2. The predicted molar refractivity (Wildman–Crippen MR) is 71.8 cm³/mol. The fourth-order valence-corrected chi connectivity index (χ4v) is 1.62. The van der Waals surface area contributed by atoms with E-state index in [1.54, 1.807) is 0 Å². The number of nitrogens with one attached hydrogen (secondary N) is 2. The van der Waals surface area contributed by atoms with Crippen molar-refractivity contribution in [1.82, 2.24) is 15.5 Å². The molecule has 0 saturated heterocycles. The molecular weight excluding hydrogens is 279 g/mol. The highest BCUT2D eigenvalue weighted by atomic mass is 19.1. The first-order valence-corrected chi connectivity index (χ1v) is 6.10. The van der Waals surface area contributed by atoms with Crippen molar-refractivity contribution in [2.24, 2.45) is 0 Å². The van der Waals surface area contributed by atoms with E-state index in [1.165, 1.54) is 32.2 Å². The summed E-state index contributed by atoms with van der Waals surface area (Å²) in [6, 6.07) is 4.01. The summed E-state index contributed by atoms with van der Waals surface area (Å²) in [7, 11) is 1.50. The Hall–Kier alpha value is -2.77. The second-order valence-corrected chi connectivity index (χ2v) is 4.24. The number of amides is 2. The standard InChI is InChI=1S/C13H13FN4O3/c1-7(19)16-10-5-8(3-4-9(10)14)13-17-11(18-21-13)6-12(20)15-2/h3-5H,6H2,1-2H3,(H,15,20)(H,16,19). The number of carbonyl (C=O) groups excluding carboxylic acids is 2. The molecule has 2 aromatic rings. The van der Waals surface area contributed by atoms with E-state index in [1.807, 2.05) is 0 Å². The van der Waals surface area contributed by atoms with Crippen molar-refractivity contribution in [2.75, 3.05) is 12.4 Å². The van der Waals surface area contributed by atoms with Crippen LogP contribution in [-0.2, 0) is 16.0 Å². The van der Waals surface area contributed by atoms with Crippen LogP contribution in [0.25, 0.3) is 11.5 Å². The van der Waals surface area contributed by atoms with Crippen LogP contribution >= 0.6 is 0 Å². The Balaban J connectivity index is 2.26. The van der Waals surface area contributed by atoms with Gasteiger partial charge in [-0.2, -0.15) is 4.98 Å². The third kappa shape index (κ3) is 3.62. The van der Waals surface area contributed by atoms with Crippen LogP contribution in [0.4, 0.5) is 10.1 Å². The normalized spacial score (nSPS) is 10.2. The van der Waals surface area contributed by atoms with Crippen molar-refractivity contribution < 1.29 is 18.5 Å². The minimum atomic E-state index is -0.570. The molecule has 21 heavy (non-hydrogen) atoms. The molecule has 1 heterocycles. The van der Waals surface area contributed by atoms with Gasteiger partial charge in [0.05, 0.1) is 12.1 Å². The van der Waals surface area contributed by atoms with Crippen LogP contribution in [0.15, 0.2) is 22.7 Å². The summed E-state index contributed by atoms with van der Waals surface area (Å²) in [6.07, 6.45) is -0.0141. The summed E-state index contributed by atoms with van der Waals surface area (Å²) in [5.74, 6) is -0.855. The van der Waals surface area contributed by atoms with Gasteiger partial charge in [-0.1, -0.05) is 5.16 Å². The highest BCUT2D eigenvalue weighted by Crippen LogP contribution is 2.23. The molecule has 2 rings (SSSR count). The van der Waals surface area contributed by atoms with Crippen molar-refractivity contribution in [2.45, 2.75) is 13.3 Å². The fourth-order valence-electron chi connectivity index (χ4n) is 1.62. The van der Waals surface area contributed by atoms with E-state index >= 15 is 0 Å². The van der Waals surface area contributed by atoms with Gasteiger partial charge in [0, 0.05) is 19.5 Å². The summed E-state index contributed by atoms with van der Waals surface area (Å²) in [5.41, 5.74) is 0.460. The van der Waals surface area contributed by atoms with Crippen LogP contribution in [0.3, 0.4) is 0 Å². The highest BCUT2D eigenvalue weighted by Gasteiger charge is 2.13. The van der Waals surface area contributed by atoms with E-state index in [4.69, 9.17) is 4.52 Å². The van der Waals surface area contributed by atoms with E-state index in [0.29, 0.717) is 5.56 Å². The number of hydrogen-bond acceptors (Lipinski definition) is 5. The molecule has 8 heteroatoms. The van der Waals surface area contributed by atoms with Gasteiger partial charge in [-0.15, -0.1) is 0 Å². The van der Waals surface area contributed by atoms with Gasteiger partial charge in [-0.05, 0) is 18.2 Å². The van der Waals surface area contributed by atoms with E-state index in [9.17, 15) is 14.0 Å². The van der Waals surface area contributed by atoms with Crippen LogP contribution in [0.2, 0.25) is 0 Å². The van der Waals surface area contributed by atoms with Gasteiger partial charge in [-0.3, -0.25) is 9.59 Å². The van der Waals surface area contributed by atoms with Crippen LogP contribution in [0.5, 0.6) is 0 Å². The third-order valence-electron chi connectivity index (χ3n) is 2.59. The Labute approximate surface area is 119 Å². The molecule has 7 nitrogen and oxygen atoms in total. The summed E-state index contributed by atoms with van der Waals surface area (Å²) in [5, 5.41) is 8.47. The molecule has 2 N–H and O–H groups in total. The first kappa shape index (κ1) is 14.6. The average Bonchev–Trinajstić information content (AvgIpc) is 2.89. The maximum Gasteiger partial charge on any atom is 0.258 e. The van der Waals surface area contributed by atoms with Crippen LogP contribution in [-0.4, -0.2) is 29.0 Å². The Kier molecular flexibility index (Phi) is 4.27. The number of anilines is 1. The number of hydrogen-bond donors (Lipinski definition) is 2. The number of nitrogens with zero attached hydrogens (tertiary/aromatic N) is 2. The Bertz CT molecular complexity index is 684. The largest absolute Gasteiger partial charge is 0.359 e. The fraction of sp³-hybridized carbons (Fsp3) is 0.231. The Morgan fingerprint density at radius 1 is 1.38 bits per heavy atom. The van der Waals surface area contributed by atoms with E-state index in [-0.39, 0.29) is 29.7 Å². The van der Waals surface area contributed by atoms with Gasteiger partial charge in [0.1, 0.15) is 5.82 Å². The highest BCUT2D eigenvalue weighted by molar-refractivity contribution is 5.89. The minimum Gasteiger partial charge on any atom is -0.359 e. The second-order valence-electron chi connectivity index (χ2n) is 4.24. The monoisotopic (exact) mass is 292 g/mol. The van der Waals surface area contributed by atoms with Crippen LogP contribution in [0, 0.1) is 5.82 Å². The van der Waals surface area contributed by atoms with Gasteiger partial charge >= 0.3 is 0 Å². The lowest BCUT2D eigenvalue weighted by atomic mass is 10.2. The van der Waals surface area contributed by atoms with E-state index in [2.05, 4.69) is 20.8 Å². The number of aromatic nitrogens is 2. The molecule has 0 spiro atoms. The zero-order chi connectivity index (χ0) is 15.4. The smallest absolute Gasteiger partial charge is 0.258 e. The van der Waals surface area contributed by atoms with Crippen molar-refractivity contribution in [3.63, 3.8) is 0 Å². The third-order valence-corrected chi connectivity index (χ3v) is 2.59. The summed E-state index contributed by atoms with van der Waals surface area (Å²) in [6.45, 7) is 1.28. The zero-order valence-electron chi connectivity index (χ0n) is 11.4. The maximum absolute atomic E-state index is 13.5. The number of rotatable bonds is 4. The zero-order valence-corrected chi connectivity index (χ0v) is 11.4. The molecule has 0 aliphatic heterocycles. The van der Waals surface area contributed by atoms with Gasteiger partial charge in [-0.25, -0.2) is 4.39 Å². The molecule has 0 fully saturated rings. The lowest BCUT2D eigenvalue weighted by Crippen LogP contribution is -2.20. The molecular formula is C13H13FN4O3. The van der Waals surface area contributed by atoms with Crippen molar-refractivity contribution >= 4 is 17.5 Å². The minimum absolute atomic E-state index is 0.0141. The van der Waals surface area contributed by atoms with E-state index in [0.717, 1.165) is 0 Å². The quantitative estimate of drug-likeness (QED) is 0.880. The van der Waals surface area contributed by atoms with Crippen LogP contribution in [0.1, 0.15) is 12.7 Å². The van der Waals surface area contributed by atoms with Crippen molar-refractivity contribution in [3.05, 3.63) is 29.8 Å². The number of benzene rings is 1. The molecule has 0 unspecified atom stereocenters. The van der Waals surface area contributed by atoms with Crippen molar-refractivity contribution in [1.29, 1.82) is 0 Å². The molecule has 0 aliphatic rings. The van der Waals surface area contributed by atoms with Gasteiger partial charge in [0.15, 0.2) is 5.82 Å². The summed E-state index contributed by atoms with van der Waals surface area (Å²) < 4.78 is 18.6. The lowest BCUT2D eigenvalue weighted by molar-refractivity contribution is -0.120. The molecule has 0 aliphatic carbocycles. The van der Waals surface area contributed by atoms with Crippen LogP contribution < -0.4 is 10.6 Å². The SMILES string of the molecule is CNC(=O)Cc1noc(-c2ccc(F)c(NC(C)=O)c2)n1. The molecule has 2 amide bonds. The maximum atomic E-state index is 13.5. The van der Waals surface area contributed by atoms with E-state index < -0.39 is 11.7 Å². The molecule has 0 radical (unpaired) electrons. The number of halogens is 1. The molecule has 0 atom stereocenters. The van der Waals surface area contributed by atoms with Crippen molar-refractivity contribution in [3.8, 4) is 11.5 Å². The number of likely N-dealkylation sites (N-methyl/N-ethyl adjacent to an activating group) is 1. The molecule has 0 bridgehead atoms. The molecule has 0 saturated carbocycles. The first-order chi connectivity index (χ1) is 9.99. The summed E-state index contributed by atoms with van der Waals surface area (Å²) >= 11 is 0. The van der Waals surface area contributed by atoms with Gasteiger partial charge in [0.2, 0.25) is 11.8 Å². The average molecular weight is 292 g/mol. The Morgan fingerprint density at radius 2 is 2.14 bits per heavy atom. The molecule has 1 aromatic heterocycles. The molecule has 1 aromatic carbocycles. The Morgan fingerprint density at radius 3 is 2.81 bits per heavy atom. The first-order valence-electron chi connectivity index (χ1n) is 6.10. The second kappa shape index (κ2) is 6.12. The lowest BCUT2D eigenvalue weighted by Gasteiger charge is -2.04. The molecule has 110 valence electrons. The van der Waals surface area contributed by atoms with Gasteiger partial charge in [0.25, 0.3) is 5.89 Å². The predicted octanol–water partition coefficient (Wildman–Crippen LogP) is 1.12. The topological polar surface area (TPSA) is 97.1 Å². The van der Waals surface area contributed by atoms with Gasteiger partial charge < -0.3 is 15.2 Å². The summed E-state index contributed by atoms with van der Waals surface area (Å²) in [4.78, 5) is 26.3.